The number of carboxylic acids is 1. The van der Waals surface area contributed by atoms with E-state index in [9.17, 15) is 19.8 Å². The number of rotatable bonds is 5. The molecule has 0 radical (unpaired) electrons. The molecule has 0 saturated heterocycles. The number of phenolic OH excluding ortho intramolecular Hbond substituents is 2. The predicted octanol–water partition coefficient (Wildman–Crippen LogP) is 4.20. The van der Waals surface area contributed by atoms with Crippen molar-refractivity contribution in [2.45, 2.75) is 6.92 Å². The summed E-state index contributed by atoms with van der Waals surface area (Å²) in [5, 5.41) is 27.5. The first-order valence-corrected chi connectivity index (χ1v) is 9.28. The topological polar surface area (TPSA) is 123 Å². The minimum absolute atomic E-state index is 0.00157. The Hall–Kier alpha value is -2.46. The fourth-order valence-corrected chi connectivity index (χ4v) is 2.93. The van der Waals surface area contributed by atoms with Gasteiger partial charge in [0.2, 0.25) is 0 Å². The Kier molecular flexibility index (Phi) is 9.07. The molecule has 152 valence electrons. The molecule has 0 bridgehead atoms. The lowest BCUT2D eigenvalue weighted by molar-refractivity contribution is 0.0524. The smallest absolute Gasteiger partial charge is 0.339 e. The fourth-order valence-electron chi connectivity index (χ4n) is 1.95. The van der Waals surface area contributed by atoms with Gasteiger partial charge >= 0.3 is 11.9 Å². The van der Waals surface area contributed by atoms with Crippen LogP contribution in [0.5, 0.6) is 23.0 Å². The van der Waals surface area contributed by atoms with Crippen LogP contribution >= 0.6 is 31.9 Å². The number of benzene rings is 2. The van der Waals surface area contributed by atoms with Crippen molar-refractivity contribution in [3.8, 4) is 23.0 Å². The fraction of sp³-hybridized carbons (Fsp3) is 0.222. The molecule has 0 spiro atoms. The number of halogens is 2. The van der Waals surface area contributed by atoms with Crippen LogP contribution in [0.4, 0.5) is 0 Å². The summed E-state index contributed by atoms with van der Waals surface area (Å²) in [5.74, 6) is -1.36. The molecule has 0 heterocycles. The zero-order valence-electron chi connectivity index (χ0n) is 15.2. The van der Waals surface area contributed by atoms with Crippen LogP contribution in [0.25, 0.3) is 0 Å². The zero-order valence-corrected chi connectivity index (χ0v) is 18.3. The van der Waals surface area contributed by atoms with Gasteiger partial charge in [-0.15, -0.1) is 0 Å². The number of phenols is 2. The third kappa shape index (κ3) is 5.77. The van der Waals surface area contributed by atoms with Crippen molar-refractivity contribution in [3.05, 3.63) is 44.3 Å². The largest absolute Gasteiger partial charge is 0.504 e. The number of carbonyl (C=O) groups is 2. The quantitative estimate of drug-likeness (QED) is 0.500. The van der Waals surface area contributed by atoms with Gasteiger partial charge < -0.3 is 29.5 Å². The number of esters is 1. The van der Waals surface area contributed by atoms with E-state index in [4.69, 9.17) is 19.3 Å². The number of hydrogen-bond acceptors (Lipinski definition) is 7. The molecule has 2 aromatic carbocycles. The first kappa shape index (κ1) is 23.6. The van der Waals surface area contributed by atoms with E-state index in [-0.39, 0.29) is 39.5 Å². The molecule has 10 heteroatoms. The van der Waals surface area contributed by atoms with Gasteiger partial charge in [-0.25, -0.2) is 9.59 Å². The number of carboxylic acid groups (broad SMARTS) is 1. The summed E-state index contributed by atoms with van der Waals surface area (Å²) in [6.45, 7) is 2.01. The van der Waals surface area contributed by atoms with E-state index in [1.807, 2.05) is 0 Å². The number of aromatic hydroxyl groups is 2. The van der Waals surface area contributed by atoms with Crippen LogP contribution in [-0.2, 0) is 4.74 Å². The second-order valence-electron chi connectivity index (χ2n) is 5.01. The third-order valence-electron chi connectivity index (χ3n) is 3.29. The molecule has 3 N–H and O–H groups in total. The molecule has 0 aliphatic carbocycles. The maximum Gasteiger partial charge on any atom is 0.339 e. The molecule has 2 rings (SSSR count). The minimum atomic E-state index is -1.11. The van der Waals surface area contributed by atoms with Crippen molar-refractivity contribution in [1.29, 1.82) is 0 Å². The average molecular weight is 522 g/mol. The van der Waals surface area contributed by atoms with Crippen molar-refractivity contribution in [2.75, 3.05) is 20.8 Å². The highest BCUT2D eigenvalue weighted by molar-refractivity contribution is 9.11. The molecule has 0 aromatic heterocycles. The highest BCUT2D eigenvalue weighted by Crippen LogP contribution is 2.36. The Labute approximate surface area is 177 Å². The molecule has 0 aliphatic rings. The number of aromatic carboxylic acids is 1. The molecule has 2 aromatic rings. The van der Waals surface area contributed by atoms with Gasteiger partial charge in [0.1, 0.15) is 0 Å². The van der Waals surface area contributed by atoms with Gasteiger partial charge in [-0.1, -0.05) is 0 Å². The lowest BCUT2D eigenvalue weighted by Gasteiger charge is -2.08. The van der Waals surface area contributed by atoms with Crippen LogP contribution in [0.15, 0.2) is 33.2 Å². The first-order valence-electron chi connectivity index (χ1n) is 7.70. The van der Waals surface area contributed by atoms with Gasteiger partial charge in [-0.3, -0.25) is 0 Å². The van der Waals surface area contributed by atoms with Crippen molar-refractivity contribution >= 4 is 43.8 Å². The van der Waals surface area contributed by atoms with E-state index in [2.05, 4.69) is 31.9 Å². The third-order valence-corrected chi connectivity index (χ3v) is 4.75. The summed E-state index contributed by atoms with van der Waals surface area (Å²) in [5.41, 5.74) is 0.272. The van der Waals surface area contributed by atoms with Crippen molar-refractivity contribution in [3.63, 3.8) is 0 Å². The molecular weight excluding hydrogens is 504 g/mol. The van der Waals surface area contributed by atoms with Gasteiger partial charge in [0.05, 0.1) is 36.4 Å². The van der Waals surface area contributed by atoms with Crippen LogP contribution in [0.3, 0.4) is 0 Å². The van der Waals surface area contributed by atoms with Gasteiger partial charge in [0.15, 0.2) is 23.0 Å². The van der Waals surface area contributed by atoms with E-state index in [1.165, 1.54) is 32.4 Å². The standard InChI is InChI=1S/C10H11BrO4.C8H7BrO4/c1-3-15-10(13)6-4-5-7(14-2)9(12)8(6)11;1-13-7-3-5(9)4(8(11)12)2-6(7)10/h4-5,12H,3H2,1-2H3;2-3,10H,1H3,(H,11,12). The van der Waals surface area contributed by atoms with E-state index >= 15 is 0 Å². The molecule has 0 atom stereocenters. The van der Waals surface area contributed by atoms with Gasteiger partial charge in [-0.2, -0.15) is 0 Å². The maximum atomic E-state index is 11.4. The normalized spacial score (nSPS) is 9.75. The second-order valence-corrected chi connectivity index (χ2v) is 6.65. The Bertz CT molecular complexity index is 867. The number of hydrogen-bond donors (Lipinski definition) is 3. The molecule has 28 heavy (non-hydrogen) atoms. The number of methoxy groups -OCH3 is 2. The number of carbonyl (C=O) groups excluding carboxylic acids is 1. The molecular formula is C18H18Br2O8. The Balaban J connectivity index is 0.000000283. The molecule has 0 saturated carbocycles. The summed E-state index contributed by atoms with van der Waals surface area (Å²) < 4.78 is 15.1. The van der Waals surface area contributed by atoms with E-state index in [1.54, 1.807) is 6.92 Å². The van der Waals surface area contributed by atoms with E-state index in [0.717, 1.165) is 6.07 Å². The molecule has 0 aliphatic heterocycles. The average Bonchev–Trinajstić information content (AvgIpc) is 2.65. The first-order chi connectivity index (χ1) is 13.2. The SMILES string of the molecule is CCOC(=O)c1ccc(OC)c(O)c1Br.COc1cc(Br)c(C(=O)O)cc1O. The summed E-state index contributed by atoms with van der Waals surface area (Å²) in [6, 6.07) is 5.57. The highest BCUT2D eigenvalue weighted by Gasteiger charge is 2.17. The predicted molar refractivity (Wildman–Crippen MR) is 108 cm³/mol. The zero-order chi connectivity index (χ0) is 21.4. The summed E-state index contributed by atoms with van der Waals surface area (Å²) in [6.07, 6.45) is 0. The van der Waals surface area contributed by atoms with E-state index in [0.29, 0.717) is 10.2 Å². The van der Waals surface area contributed by atoms with Crippen LogP contribution < -0.4 is 9.47 Å². The molecule has 0 amide bonds. The molecule has 0 unspecified atom stereocenters. The van der Waals surface area contributed by atoms with Crippen molar-refractivity contribution in [2.24, 2.45) is 0 Å². The van der Waals surface area contributed by atoms with E-state index < -0.39 is 11.9 Å². The van der Waals surface area contributed by atoms with Crippen LogP contribution in [0, 0.1) is 0 Å². The summed E-state index contributed by atoms with van der Waals surface area (Å²) >= 11 is 6.16. The Morgan fingerprint density at radius 2 is 1.61 bits per heavy atom. The van der Waals surface area contributed by atoms with Crippen LogP contribution in [-0.4, -0.2) is 48.1 Å². The monoisotopic (exact) mass is 520 g/mol. The summed E-state index contributed by atoms with van der Waals surface area (Å²) in [7, 11) is 2.83. The number of ether oxygens (including phenoxy) is 3. The Morgan fingerprint density at radius 3 is 2.11 bits per heavy atom. The van der Waals surface area contributed by atoms with Crippen LogP contribution in [0.1, 0.15) is 27.6 Å². The maximum absolute atomic E-state index is 11.4. The van der Waals surface area contributed by atoms with Gasteiger partial charge in [0.25, 0.3) is 0 Å². The molecule has 8 nitrogen and oxygen atoms in total. The second kappa shape index (κ2) is 10.8. The lowest BCUT2D eigenvalue weighted by atomic mass is 10.2. The van der Waals surface area contributed by atoms with Crippen LogP contribution in [0.2, 0.25) is 0 Å². The Morgan fingerprint density at radius 1 is 1.00 bits per heavy atom. The van der Waals surface area contributed by atoms with Crippen molar-refractivity contribution in [1.82, 2.24) is 0 Å². The summed E-state index contributed by atoms with van der Waals surface area (Å²) in [4.78, 5) is 22.0. The minimum Gasteiger partial charge on any atom is -0.504 e. The van der Waals surface area contributed by atoms with Gasteiger partial charge in [0, 0.05) is 4.47 Å². The lowest BCUT2D eigenvalue weighted by Crippen LogP contribution is -2.05. The van der Waals surface area contributed by atoms with Gasteiger partial charge in [-0.05, 0) is 63.0 Å². The highest BCUT2D eigenvalue weighted by atomic mass is 79.9. The van der Waals surface area contributed by atoms with Crippen molar-refractivity contribution < 1.29 is 39.1 Å². The molecule has 0 fully saturated rings.